The second-order valence-electron chi connectivity index (χ2n) is 7.46. The van der Waals surface area contributed by atoms with Crippen LogP contribution in [-0.2, 0) is 14.8 Å². The van der Waals surface area contributed by atoms with Gasteiger partial charge in [0.2, 0.25) is 0 Å². The number of carbonyl (C=O) groups excluding carboxylic acids is 2. The molecule has 0 unspecified atom stereocenters. The summed E-state index contributed by atoms with van der Waals surface area (Å²) in [4.78, 5) is 25.8. The Balaban J connectivity index is 1.86. The van der Waals surface area contributed by atoms with Crippen molar-refractivity contribution in [2.45, 2.75) is 4.90 Å². The first-order valence-corrected chi connectivity index (χ1v) is 12.2. The van der Waals surface area contributed by atoms with Gasteiger partial charge in [0.25, 0.3) is 15.9 Å². The predicted octanol–water partition coefficient (Wildman–Crippen LogP) is 4.63. The number of methoxy groups -OCH3 is 2. The number of para-hydroxylation sites is 1. The number of halogens is 1. The fraction of sp³-hybridized carbons (Fsp3) is 0.120. The minimum absolute atomic E-state index is 0.0116. The third-order valence-electron chi connectivity index (χ3n) is 5.41. The SMILES string of the molecule is COC(=O)c1cn(C(=O)CN(c2cc(Cl)ccc2OC)S(=O)(=O)c2ccccc2)c2ccccc12. The molecule has 0 fully saturated rings. The third kappa shape index (κ3) is 4.60. The Hall–Kier alpha value is -3.82. The standard InChI is InChI=1S/C25H21ClN2O6S/c1-33-23-13-12-17(26)14-22(23)28(35(31,32)18-8-4-3-5-9-18)16-24(29)27-15-20(25(30)34-2)19-10-6-7-11-21(19)27/h3-15H,16H2,1-2H3. The summed E-state index contributed by atoms with van der Waals surface area (Å²) in [5, 5.41) is 0.770. The topological polar surface area (TPSA) is 94.9 Å². The Bertz CT molecular complexity index is 1520. The van der Waals surface area contributed by atoms with Crippen LogP contribution < -0.4 is 9.04 Å². The van der Waals surface area contributed by atoms with Crippen LogP contribution in [-0.4, -0.2) is 45.6 Å². The Kier molecular flexibility index (Phi) is 6.81. The molecule has 0 saturated carbocycles. The summed E-state index contributed by atoms with van der Waals surface area (Å²) in [6.45, 7) is -0.590. The lowest BCUT2D eigenvalue weighted by Crippen LogP contribution is -2.37. The van der Waals surface area contributed by atoms with Crippen LogP contribution in [0, 0.1) is 0 Å². The van der Waals surface area contributed by atoms with Crippen molar-refractivity contribution in [2.75, 3.05) is 25.1 Å². The number of carbonyl (C=O) groups is 2. The zero-order valence-corrected chi connectivity index (χ0v) is 20.4. The van der Waals surface area contributed by atoms with Gasteiger partial charge in [-0.25, -0.2) is 13.2 Å². The Morgan fingerprint density at radius 2 is 1.66 bits per heavy atom. The summed E-state index contributed by atoms with van der Waals surface area (Å²) in [7, 11) is -1.57. The highest BCUT2D eigenvalue weighted by Crippen LogP contribution is 2.35. The summed E-state index contributed by atoms with van der Waals surface area (Å²) in [5.41, 5.74) is 0.726. The number of hydrogen-bond acceptors (Lipinski definition) is 6. The second kappa shape index (κ2) is 9.81. The maximum Gasteiger partial charge on any atom is 0.340 e. The summed E-state index contributed by atoms with van der Waals surface area (Å²) in [6, 6.07) is 19.0. The molecule has 0 aliphatic carbocycles. The van der Waals surface area contributed by atoms with Gasteiger partial charge >= 0.3 is 5.97 Å². The minimum atomic E-state index is -4.21. The quantitative estimate of drug-likeness (QED) is 0.335. The van der Waals surface area contributed by atoms with E-state index in [0.29, 0.717) is 10.9 Å². The first-order valence-electron chi connectivity index (χ1n) is 10.4. The normalized spacial score (nSPS) is 11.3. The summed E-state index contributed by atoms with van der Waals surface area (Å²) >= 11 is 6.18. The lowest BCUT2D eigenvalue weighted by molar-refractivity contribution is 0.0603. The number of rotatable bonds is 7. The van der Waals surface area contributed by atoms with Crippen LogP contribution in [0.25, 0.3) is 10.9 Å². The lowest BCUT2D eigenvalue weighted by atomic mass is 10.2. The van der Waals surface area contributed by atoms with E-state index in [9.17, 15) is 18.0 Å². The van der Waals surface area contributed by atoms with Crippen molar-refractivity contribution in [2.24, 2.45) is 0 Å². The number of nitrogens with zero attached hydrogens (tertiary/aromatic N) is 2. The van der Waals surface area contributed by atoms with E-state index in [1.807, 2.05) is 0 Å². The van der Waals surface area contributed by atoms with Crippen molar-refractivity contribution < 1.29 is 27.5 Å². The van der Waals surface area contributed by atoms with E-state index in [1.165, 1.54) is 49.2 Å². The van der Waals surface area contributed by atoms with Gasteiger partial charge in [0.15, 0.2) is 0 Å². The van der Waals surface area contributed by atoms with Crippen molar-refractivity contribution in [3.63, 3.8) is 0 Å². The largest absolute Gasteiger partial charge is 0.495 e. The van der Waals surface area contributed by atoms with Gasteiger partial charge in [0.05, 0.1) is 35.9 Å². The van der Waals surface area contributed by atoms with Gasteiger partial charge in [0, 0.05) is 16.6 Å². The van der Waals surface area contributed by atoms with Crippen LogP contribution >= 0.6 is 11.6 Å². The first kappa shape index (κ1) is 24.3. The number of esters is 1. The van der Waals surface area contributed by atoms with Gasteiger partial charge in [-0.2, -0.15) is 0 Å². The van der Waals surface area contributed by atoms with Gasteiger partial charge in [0.1, 0.15) is 12.3 Å². The average molecular weight is 513 g/mol. The molecule has 4 aromatic rings. The Morgan fingerprint density at radius 3 is 2.34 bits per heavy atom. The molecule has 10 heteroatoms. The molecule has 1 heterocycles. The second-order valence-corrected chi connectivity index (χ2v) is 9.75. The summed E-state index contributed by atoms with van der Waals surface area (Å²) in [5.74, 6) is -0.995. The maximum atomic E-state index is 13.7. The fourth-order valence-corrected chi connectivity index (χ4v) is 5.34. The molecule has 35 heavy (non-hydrogen) atoms. The van der Waals surface area contributed by atoms with Crippen LogP contribution in [0.3, 0.4) is 0 Å². The number of hydrogen-bond donors (Lipinski definition) is 0. The summed E-state index contributed by atoms with van der Waals surface area (Å²) < 4.78 is 39.8. The zero-order valence-electron chi connectivity index (χ0n) is 18.8. The highest BCUT2D eigenvalue weighted by molar-refractivity contribution is 7.92. The highest BCUT2D eigenvalue weighted by Gasteiger charge is 2.31. The predicted molar refractivity (Wildman–Crippen MR) is 133 cm³/mol. The first-order chi connectivity index (χ1) is 16.8. The monoisotopic (exact) mass is 512 g/mol. The minimum Gasteiger partial charge on any atom is -0.495 e. The highest BCUT2D eigenvalue weighted by atomic mass is 35.5. The summed E-state index contributed by atoms with van der Waals surface area (Å²) in [6.07, 6.45) is 1.35. The molecule has 0 spiro atoms. The Labute approximate surface area is 207 Å². The van der Waals surface area contributed by atoms with E-state index in [4.69, 9.17) is 21.1 Å². The smallest absolute Gasteiger partial charge is 0.340 e. The van der Waals surface area contributed by atoms with Crippen LogP contribution in [0.5, 0.6) is 5.75 Å². The van der Waals surface area contributed by atoms with E-state index >= 15 is 0 Å². The van der Waals surface area contributed by atoms with E-state index in [1.54, 1.807) is 48.5 Å². The van der Waals surface area contributed by atoms with Crippen LogP contribution in [0.1, 0.15) is 15.2 Å². The van der Waals surface area contributed by atoms with E-state index in [-0.39, 0.29) is 26.9 Å². The van der Waals surface area contributed by atoms with Gasteiger partial charge in [-0.3, -0.25) is 13.7 Å². The molecule has 0 aliphatic rings. The number of ether oxygens (including phenoxy) is 2. The third-order valence-corrected chi connectivity index (χ3v) is 7.41. The molecule has 0 atom stereocenters. The van der Waals surface area contributed by atoms with Crippen molar-refractivity contribution in [3.05, 3.63) is 89.6 Å². The number of fused-ring (bicyclic) bond motifs is 1. The van der Waals surface area contributed by atoms with Gasteiger partial charge < -0.3 is 9.47 Å². The van der Waals surface area contributed by atoms with Gasteiger partial charge in [-0.15, -0.1) is 0 Å². The van der Waals surface area contributed by atoms with Crippen molar-refractivity contribution >= 4 is 50.1 Å². The molecule has 0 aliphatic heterocycles. The zero-order chi connectivity index (χ0) is 25.2. The lowest BCUT2D eigenvalue weighted by Gasteiger charge is -2.26. The van der Waals surface area contributed by atoms with Crippen molar-refractivity contribution in [1.29, 1.82) is 0 Å². The average Bonchev–Trinajstić information content (AvgIpc) is 3.27. The molecule has 0 radical (unpaired) electrons. The molecule has 0 N–H and O–H groups in total. The number of anilines is 1. The molecule has 180 valence electrons. The number of benzene rings is 3. The molecule has 8 nitrogen and oxygen atoms in total. The van der Waals surface area contributed by atoms with Crippen LogP contribution in [0.4, 0.5) is 5.69 Å². The fourth-order valence-electron chi connectivity index (χ4n) is 3.74. The molecule has 3 aromatic carbocycles. The molecule has 4 rings (SSSR count). The van der Waals surface area contributed by atoms with Crippen LogP contribution in [0.2, 0.25) is 5.02 Å². The van der Waals surface area contributed by atoms with E-state index < -0.39 is 28.4 Å². The molecule has 0 saturated heterocycles. The van der Waals surface area contributed by atoms with Crippen LogP contribution in [0.15, 0.2) is 83.9 Å². The van der Waals surface area contributed by atoms with E-state index in [0.717, 1.165) is 4.31 Å². The van der Waals surface area contributed by atoms with E-state index in [2.05, 4.69) is 0 Å². The van der Waals surface area contributed by atoms with Crippen molar-refractivity contribution in [1.82, 2.24) is 4.57 Å². The molecular formula is C25H21ClN2O6S. The number of sulfonamides is 1. The molecule has 0 amide bonds. The molecule has 0 bridgehead atoms. The van der Waals surface area contributed by atoms with Gasteiger partial charge in [-0.05, 0) is 36.4 Å². The molecule has 1 aromatic heterocycles. The van der Waals surface area contributed by atoms with Crippen molar-refractivity contribution in [3.8, 4) is 5.75 Å². The van der Waals surface area contributed by atoms with Gasteiger partial charge in [-0.1, -0.05) is 48.0 Å². The maximum absolute atomic E-state index is 13.7. The number of aromatic nitrogens is 1. The Morgan fingerprint density at radius 1 is 0.971 bits per heavy atom. The molecular weight excluding hydrogens is 492 g/mol.